The molecule has 27 heavy (non-hydrogen) atoms. The van der Waals surface area contributed by atoms with E-state index < -0.39 is 0 Å². The maximum atomic E-state index is 12.2. The van der Waals surface area contributed by atoms with Crippen molar-refractivity contribution in [1.82, 2.24) is 24.8 Å². The van der Waals surface area contributed by atoms with Gasteiger partial charge < -0.3 is 4.57 Å². The highest BCUT2D eigenvalue weighted by molar-refractivity contribution is 7.15. The Balaban J connectivity index is 1.44. The number of rotatable bonds is 4. The fourth-order valence-electron chi connectivity index (χ4n) is 2.80. The Hall–Kier alpha value is -3.39. The molecule has 0 atom stereocenters. The van der Waals surface area contributed by atoms with Gasteiger partial charge in [0, 0.05) is 36.1 Å². The van der Waals surface area contributed by atoms with Gasteiger partial charge in [0.2, 0.25) is 5.91 Å². The topological polar surface area (TPSA) is 80.4 Å². The zero-order valence-electron chi connectivity index (χ0n) is 14.5. The second-order valence-electron chi connectivity index (χ2n) is 6.06. The summed E-state index contributed by atoms with van der Waals surface area (Å²) in [5.41, 5.74) is 8.07. The highest BCUT2D eigenvalue weighted by Crippen LogP contribution is 2.23. The number of nitrogens with one attached hydrogen (secondary N) is 2. The van der Waals surface area contributed by atoms with Crippen LogP contribution in [0.2, 0.25) is 0 Å². The Kier molecular flexibility index (Phi) is 4.47. The summed E-state index contributed by atoms with van der Waals surface area (Å²) in [5, 5.41) is 1.90. The normalized spacial score (nSPS) is 10.9. The van der Waals surface area contributed by atoms with Crippen LogP contribution < -0.4 is 10.9 Å². The molecule has 4 rings (SSSR count). The molecule has 3 aromatic heterocycles. The molecule has 0 radical (unpaired) electrons. The predicted octanol–water partition coefficient (Wildman–Crippen LogP) is 2.41. The van der Waals surface area contributed by atoms with E-state index in [0.717, 1.165) is 21.9 Å². The molecule has 2 N–H and O–H groups in total. The Labute approximate surface area is 159 Å². The summed E-state index contributed by atoms with van der Waals surface area (Å²) in [5.74, 6) is -0.660. The van der Waals surface area contributed by atoms with Crippen LogP contribution in [0, 0.1) is 0 Å². The van der Waals surface area contributed by atoms with Crippen molar-refractivity contribution in [2.24, 2.45) is 7.05 Å². The van der Waals surface area contributed by atoms with E-state index in [1.165, 1.54) is 11.3 Å². The molecule has 7 nitrogen and oxygen atoms in total. The van der Waals surface area contributed by atoms with Gasteiger partial charge in [-0.1, -0.05) is 30.3 Å². The van der Waals surface area contributed by atoms with Crippen LogP contribution in [-0.4, -0.2) is 25.8 Å². The van der Waals surface area contributed by atoms with Crippen LogP contribution in [0.3, 0.4) is 0 Å². The molecule has 0 unspecified atom stereocenters. The van der Waals surface area contributed by atoms with Gasteiger partial charge in [0.1, 0.15) is 5.69 Å². The van der Waals surface area contributed by atoms with E-state index in [2.05, 4.69) is 15.8 Å². The summed E-state index contributed by atoms with van der Waals surface area (Å²) in [6.45, 7) is 0. The number of fused-ring (bicyclic) bond motifs is 1. The number of carbonyl (C=O) groups excluding carboxylic acids is 2. The lowest BCUT2D eigenvalue weighted by atomic mass is 10.2. The monoisotopic (exact) mass is 379 g/mol. The van der Waals surface area contributed by atoms with Crippen molar-refractivity contribution in [2.75, 3.05) is 0 Å². The lowest BCUT2D eigenvalue weighted by molar-refractivity contribution is -0.121. The van der Waals surface area contributed by atoms with Gasteiger partial charge in [-0.15, -0.1) is 11.3 Å². The zero-order valence-corrected chi connectivity index (χ0v) is 15.4. The number of carbonyl (C=O) groups is 2. The molecule has 0 aliphatic heterocycles. The molecule has 1 aromatic carbocycles. The van der Waals surface area contributed by atoms with Crippen molar-refractivity contribution >= 4 is 28.1 Å². The Morgan fingerprint density at radius 3 is 2.67 bits per heavy atom. The molecule has 3 heterocycles. The molecular formula is C19H17N5O2S. The minimum atomic E-state index is -0.361. The van der Waals surface area contributed by atoms with Gasteiger partial charge in [0.05, 0.1) is 12.1 Å². The lowest BCUT2D eigenvalue weighted by Crippen LogP contribution is -2.43. The molecule has 2 amide bonds. The quantitative estimate of drug-likeness (QED) is 0.535. The summed E-state index contributed by atoms with van der Waals surface area (Å²) in [6, 6.07) is 13.3. The molecule has 0 saturated carbocycles. The number of imidazole rings is 1. The fourth-order valence-corrected chi connectivity index (χ4v) is 3.67. The summed E-state index contributed by atoms with van der Waals surface area (Å²) in [6.07, 6.45) is 3.83. The van der Waals surface area contributed by atoms with Crippen LogP contribution in [-0.2, 0) is 18.3 Å². The number of hydrogen-bond acceptors (Lipinski definition) is 4. The zero-order chi connectivity index (χ0) is 18.8. The van der Waals surface area contributed by atoms with E-state index in [9.17, 15) is 9.59 Å². The molecular weight excluding hydrogens is 362 g/mol. The molecule has 0 aliphatic rings. The third-order valence-corrected chi connectivity index (χ3v) is 5.08. The van der Waals surface area contributed by atoms with Crippen LogP contribution in [0.25, 0.3) is 16.2 Å². The van der Waals surface area contributed by atoms with Crippen molar-refractivity contribution in [3.63, 3.8) is 0 Å². The summed E-state index contributed by atoms with van der Waals surface area (Å²) >= 11 is 1.48. The summed E-state index contributed by atoms with van der Waals surface area (Å²) in [4.78, 5) is 29.7. The predicted molar refractivity (Wildman–Crippen MR) is 103 cm³/mol. The maximum absolute atomic E-state index is 12.2. The number of amides is 2. The van der Waals surface area contributed by atoms with Crippen LogP contribution in [0.1, 0.15) is 16.2 Å². The van der Waals surface area contributed by atoms with E-state index in [1.54, 1.807) is 29.9 Å². The first-order chi connectivity index (χ1) is 13.1. The highest BCUT2D eigenvalue weighted by Gasteiger charge is 2.14. The third kappa shape index (κ3) is 3.47. The molecule has 136 valence electrons. The van der Waals surface area contributed by atoms with Gasteiger partial charge in [0.25, 0.3) is 5.91 Å². The number of nitrogens with zero attached hydrogens (tertiary/aromatic N) is 3. The van der Waals surface area contributed by atoms with E-state index in [-0.39, 0.29) is 18.2 Å². The van der Waals surface area contributed by atoms with Crippen molar-refractivity contribution in [1.29, 1.82) is 0 Å². The van der Waals surface area contributed by atoms with Crippen LogP contribution in [0.15, 0.2) is 60.2 Å². The second-order valence-corrected chi connectivity index (χ2v) is 6.89. The molecule has 4 aromatic rings. The van der Waals surface area contributed by atoms with Crippen molar-refractivity contribution in [2.45, 2.75) is 6.42 Å². The molecule has 8 heteroatoms. The minimum absolute atomic E-state index is 0.137. The first-order valence-electron chi connectivity index (χ1n) is 8.33. The van der Waals surface area contributed by atoms with Crippen molar-refractivity contribution in [3.05, 3.63) is 71.6 Å². The van der Waals surface area contributed by atoms with Crippen molar-refractivity contribution < 1.29 is 9.59 Å². The van der Waals surface area contributed by atoms with Gasteiger partial charge in [-0.3, -0.25) is 24.8 Å². The minimum Gasteiger partial charge on any atom is -0.347 e. The smallest absolute Gasteiger partial charge is 0.286 e. The Morgan fingerprint density at radius 1 is 1.11 bits per heavy atom. The van der Waals surface area contributed by atoms with Gasteiger partial charge in [-0.2, -0.15) is 0 Å². The van der Waals surface area contributed by atoms with Gasteiger partial charge in [-0.05, 0) is 12.1 Å². The van der Waals surface area contributed by atoms with Gasteiger partial charge >= 0.3 is 0 Å². The molecule has 0 spiro atoms. The largest absolute Gasteiger partial charge is 0.347 e. The molecule has 0 aliphatic carbocycles. The van der Waals surface area contributed by atoms with E-state index >= 15 is 0 Å². The van der Waals surface area contributed by atoms with Crippen molar-refractivity contribution in [3.8, 4) is 11.3 Å². The maximum Gasteiger partial charge on any atom is 0.286 e. The first kappa shape index (κ1) is 17.0. The number of aromatic nitrogens is 3. The van der Waals surface area contributed by atoms with Gasteiger partial charge in [-0.25, -0.2) is 4.98 Å². The number of hydrogen-bond donors (Lipinski definition) is 2. The fraction of sp³-hybridized carbons (Fsp3) is 0.105. The second kappa shape index (κ2) is 7.08. The first-order valence-corrected chi connectivity index (χ1v) is 9.21. The van der Waals surface area contributed by atoms with Crippen LogP contribution in [0.4, 0.5) is 0 Å². The SMILES string of the molecule is Cn1cccc1C(=O)NNC(=O)Cc1csc2nc(-c3ccccc3)cn12. The standard InChI is InChI=1S/C19H17N5O2S/c1-23-9-5-8-16(23)18(26)22-21-17(25)10-14-12-27-19-20-15(11-24(14)19)13-6-3-2-4-7-13/h2-9,11-12H,10H2,1H3,(H,21,25)(H,22,26). The summed E-state index contributed by atoms with van der Waals surface area (Å²) in [7, 11) is 1.77. The number of aryl methyl sites for hydroxylation is 1. The Bertz CT molecular complexity index is 1110. The lowest BCUT2D eigenvalue weighted by Gasteiger charge is -2.07. The molecule has 0 bridgehead atoms. The van der Waals surface area contributed by atoms with Gasteiger partial charge in [0.15, 0.2) is 4.96 Å². The van der Waals surface area contributed by atoms with Crippen LogP contribution in [0.5, 0.6) is 0 Å². The molecule has 0 fully saturated rings. The van der Waals surface area contributed by atoms with E-state index in [1.807, 2.05) is 46.3 Å². The highest BCUT2D eigenvalue weighted by atomic mass is 32.1. The summed E-state index contributed by atoms with van der Waals surface area (Å²) < 4.78 is 3.59. The Morgan fingerprint density at radius 2 is 1.93 bits per heavy atom. The molecule has 0 saturated heterocycles. The average molecular weight is 379 g/mol. The van der Waals surface area contributed by atoms with E-state index in [4.69, 9.17) is 0 Å². The number of benzene rings is 1. The van der Waals surface area contributed by atoms with Crippen LogP contribution >= 0.6 is 11.3 Å². The number of hydrazine groups is 1. The number of thiazole rings is 1. The van der Waals surface area contributed by atoms with E-state index in [0.29, 0.717) is 5.69 Å². The third-order valence-electron chi connectivity index (χ3n) is 4.19. The average Bonchev–Trinajstić information content (AvgIpc) is 3.38.